The molecule has 0 bridgehead atoms. The summed E-state index contributed by atoms with van der Waals surface area (Å²) in [7, 11) is 0. The highest BCUT2D eigenvalue weighted by Crippen LogP contribution is 2.26. The number of halogens is 1. The second-order valence-corrected chi connectivity index (χ2v) is 4.14. The van der Waals surface area contributed by atoms with Crippen LogP contribution in [-0.4, -0.2) is 17.3 Å². The van der Waals surface area contributed by atoms with E-state index in [1.165, 1.54) is 0 Å². The summed E-state index contributed by atoms with van der Waals surface area (Å²) in [5, 5.41) is 13.6. The first-order chi connectivity index (χ1) is 6.77. The lowest BCUT2D eigenvalue weighted by Crippen LogP contribution is -2.27. The number of benzene rings is 1. The topological polar surface area (TPSA) is 32.3 Å². The van der Waals surface area contributed by atoms with Crippen LogP contribution in [0.5, 0.6) is 0 Å². The standard InChI is InChI=1S/C11H14ClNO/c12-8-4-1-2-5-9(8)13-10-6-3-7-11(10)14/h1-2,4-5,10-11,13-14H,3,6-7H2/t10-,11-/m0/s1. The highest BCUT2D eigenvalue weighted by molar-refractivity contribution is 6.33. The number of hydrogen-bond acceptors (Lipinski definition) is 2. The molecule has 2 atom stereocenters. The monoisotopic (exact) mass is 211 g/mol. The maximum Gasteiger partial charge on any atom is 0.0741 e. The predicted octanol–water partition coefficient (Wildman–Crippen LogP) is 2.67. The molecule has 2 nitrogen and oxygen atoms in total. The molecule has 0 aromatic heterocycles. The molecule has 0 heterocycles. The van der Waals surface area contributed by atoms with Crippen molar-refractivity contribution in [3.63, 3.8) is 0 Å². The van der Waals surface area contributed by atoms with E-state index in [1.807, 2.05) is 24.3 Å². The lowest BCUT2D eigenvalue weighted by molar-refractivity contribution is 0.172. The molecule has 14 heavy (non-hydrogen) atoms. The summed E-state index contributed by atoms with van der Waals surface area (Å²) < 4.78 is 0. The molecule has 0 amide bonds. The van der Waals surface area contributed by atoms with Crippen molar-refractivity contribution >= 4 is 17.3 Å². The van der Waals surface area contributed by atoms with Crippen molar-refractivity contribution in [2.75, 3.05) is 5.32 Å². The Kier molecular flexibility index (Phi) is 2.94. The molecule has 3 heteroatoms. The van der Waals surface area contributed by atoms with Gasteiger partial charge in [0.15, 0.2) is 0 Å². The van der Waals surface area contributed by atoms with Crippen LogP contribution in [0.3, 0.4) is 0 Å². The van der Waals surface area contributed by atoms with Gasteiger partial charge in [-0.15, -0.1) is 0 Å². The molecule has 0 saturated heterocycles. The fourth-order valence-corrected chi connectivity index (χ4v) is 2.08. The number of para-hydroxylation sites is 1. The van der Waals surface area contributed by atoms with E-state index in [1.54, 1.807) is 0 Å². The Balaban J connectivity index is 2.07. The van der Waals surface area contributed by atoms with E-state index < -0.39 is 0 Å². The fourth-order valence-electron chi connectivity index (χ4n) is 1.89. The highest BCUT2D eigenvalue weighted by Gasteiger charge is 2.25. The zero-order valence-corrected chi connectivity index (χ0v) is 8.67. The van der Waals surface area contributed by atoms with Gasteiger partial charge in [0.1, 0.15) is 0 Å². The molecule has 0 radical (unpaired) electrons. The van der Waals surface area contributed by atoms with Crippen molar-refractivity contribution in [2.24, 2.45) is 0 Å². The number of nitrogens with one attached hydrogen (secondary N) is 1. The van der Waals surface area contributed by atoms with E-state index in [2.05, 4.69) is 5.32 Å². The van der Waals surface area contributed by atoms with Crippen molar-refractivity contribution in [3.8, 4) is 0 Å². The summed E-state index contributed by atoms with van der Waals surface area (Å²) in [5.74, 6) is 0. The van der Waals surface area contributed by atoms with E-state index in [0.717, 1.165) is 24.9 Å². The Morgan fingerprint density at radius 3 is 2.71 bits per heavy atom. The van der Waals surface area contributed by atoms with Crippen molar-refractivity contribution in [1.82, 2.24) is 0 Å². The van der Waals surface area contributed by atoms with Gasteiger partial charge in [-0.1, -0.05) is 23.7 Å². The van der Waals surface area contributed by atoms with E-state index in [9.17, 15) is 5.11 Å². The number of anilines is 1. The quantitative estimate of drug-likeness (QED) is 0.789. The molecule has 1 aliphatic rings. The minimum absolute atomic E-state index is 0.162. The first-order valence-corrected chi connectivity index (χ1v) is 5.34. The van der Waals surface area contributed by atoms with Crippen molar-refractivity contribution in [2.45, 2.75) is 31.4 Å². The lowest BCUT2D eigenvalue weighted by atomic mass is 10.2. The molecule has 1 aromatic carbocycles. The molecular formula is C11H14ClNO. The molecule has 1 saturated carbocycles. The van der Waals surface area contributed by atoms with Crippen LogP contribution >= 0.6 is 11.6 Å². The van der Waals surface area contributed by atoms with Crippen LogP contribution in [-0.2, 0) is 0 Å². The molecule has 1 aliphatic carbocycles. The smallest absolute Gasteiger partial charge is 0.0741 e. The molecular weight excluding hydrogens is 198 g/mol. The van der Waals surface area contributed by atoms with Crippen LogP contribution in [0.1, 0.15) is 19.3 Å². The normalized spacial score (nSPS) is 26.4. The molecule has 2 N–H and O–H groups in total. The highest BCUT2D eigenvalue weighted by atomic mass is 35.5. The maximum absolute atomic E-state index is 9.64. The van der Waals surface area contributed by atoms with E-state index in [4.69, 9.17) is 11.6 Å². The first-order valence-electron chi connectivity index (χ1n) is 4.96. The van der Waals surface area contributed by atoms with E-state index >= 15 is 0 Å². The summed E-state index contributed by atoms with van der Waals surface area (Å²) in [5.41, 5.74) is 0.917. The summed E-state index contributed by atoms with van der Waals surface area (Å²) in [4.78, 5) is 0. The van der Waals surface area contributed by atoms with Gasteiger partial charge in [0.25, 0.3) is 0 Å². The van der Waals surface area contributed by atoms with Crippen LogP contribution in [0, 0.1) is 0 Å². The molecule has 76 valence electrons. The SMILES string of the molecule is O[C@H]1CCC[C@@H]1Nc1ccccc1Cl. The molecule has 2 rings (SSSR count). The zero-order valence-electron chi connectivity index (χ0n) is 7.91. The average molecular weight is 212 g/mol. The average Bonchev–Trinajstić information content (AvgIpc) is 2.56. The van der Waals surface area contributed by atoms with Crippen LogP contribution in [0.25, 0.3) is 0 Å². The van der Waals surface area contributed by atoms with Crippen molar-refractivity contribution in [3.05, 3.63) is 29.3 Å². The minimum Gasteiger partial charge on any atom is -0.391 e. The molecule has 0 unspecified atom stereocenters. The molecule has 0 aliphatic heterocycles. The van der Waals surface area contributed by atoms with E-state index in [-0.39, 0.29) is 12.1 Å². The van der Waals surface area contributed by atoms with Crippen molar-refractivity contribution < 1.29 is 5.11 Å². The third kappa shape index (κ3) is 2.02. The largest absolute Gasteiger partial charge is 0.391 e. The van der Waals surface area contributed by atoms with Gasteiger partial charge in [-0.05, 0) is 31.4 Å². The third-order valence-corrected chi connectivity index (χ3v) is 3.02. The second kappa shape index (κ2) is 4.20. The fraction of sp³-hybridized carbons (Fsp3) is 0.455. The Hall–Kier alpha value is -0.730. The van der Waals surface area contributed by atoms with E-state index in [0.29, 0.717) is 5.02 Å². The van der Waals surface area contributed by atoms with Gasteiger partial charge in [-0.3, -0.25) is 0 Å². The van der Waals surface area contributed by atoms with Gasteiger partial charge in [-0.2, -0.15) is 0 Å². The maximum atomic E-state index is 9.64. The predicted molar refractivity (Wildman–Crippen MR) is 58.7 cm³/mol. The third-order valence-electron chi connectivity index (χ3n) is 2.69. The summed E-state index contributed by atoms with van der Waals surface area (Å²) >= 11 is 6.01. The minimum atomic E-state index is -0.230. The van der Waals surface area contributed by atoms with Gasteiger partial charge in [-0.25, -0.2) is 0 Å². The summed E-state index contributed by atoms with van der Waals surface area (Å²) in [6, 6.07) is 7.79. The van der Waals surface area contributed by atoms with Crippen LogP contribution in [0.4, 0.5) is 5.69 Å². The first kappa shape index (κ1) is 9.81. The number of aliphatic hydroxyl groups is 1. The van der Waals surface area contributed by atoms with Gasteiger partial charge in [0, 0.05) is 0 Å². The van der Waals surface area contributed by atoms with Crippen LogP contribution in [0.2, 0.25) is 5.02 Å². The molecule has 1 fully saturated rings. The van der Waals surface area contributed by atoms with Gasteiger partial charge in [0.2, 0.25) is 0 Å². The van der Waals surface area contributed by atoms with Gasteiger partial charge in [0.05, 0.1) is 22.9 Å². The molecule has 0 spiro atoms. The number of hydrogen-bond donors (Lipinski definition) is 2. The van der Waals surface area contributed by atoms with Crippen molar-refractivity contribution in [1.29, 1.82) is 0 Å². The lowest BCUT2D eigenvalue weighted by Gasteiger charge is -2.18. The summed E-state index contributed by atoms with van der Waals surface area (Å²) in [6.07, 6.45) is 2.77. The Morgan fingerprint density at radius 1 is 1.29 bits per heavy atom. The number of aliphatic hydroxyl groups excluding tert-OH is 1. The van der Waals surface area contributed by atoms with Gasteiger partial charge < -0.3 is 10.4 Å². The van der Waals surface area contributed by atoms with Crippen LogP contribution < -0.4 is 5.32 Å². The molecule has 1 aromatic rings. The van der Waals surface area contributed by atoms with Gasteiger partial charge >= 0.3 is 0 Å². The Labute approximate surface area is 88.9 Å². The Morgan fingerprint density at radius 2 is 2.07 bits per heavy atom. The number of rotatable bonds is 2. The zero-order chi connectivity index (χ0) is 9.97. The van der Waals surface area contributed by atoms with Crippen LogP contribution in [0.15, 0.2) is 24.3 Å². The second-order valence-electron chi connectivity index (χ2n) is 3.73. The summed E-state index contributed by atoms with van der Waals surface area (Å²) in [6.45, 7) is 0. The Bertz CT molecular complexity index is 316.